The number of anilines is 1. The van der Waals surface area contributed by atoms with Crippen LogP contribution in [0, 0.1) is 0 Å². The van der Waals surface area contributed by atoms with E-state index >= 15 is 0 Å². The van der Waals surface area contributed by atoms with Crippen molar-refractivity contribution < 1.29 is 0 Å². The van der Waals surface area contributed by atoms with Crippen molar-refractivity contribution in [2.45, 2.75) is 24.8 Å². The van der Waals surface area contributed by atoms with Crippen LogP contribution in [0.3, 0.4) is 0 Å². The first kappa shape index (κ1) is 12.1. The number of aromatic nitrogens is 2. The van der Waals surface area contributed by atoms with Crippen LogP contribution in [0.25, 0.3) is 0 Å². The van der Waals surface area contributed by atoms with Crippen LogP contribution in [0.2, 0.25) is 0 Å². The van der Waals surface area contributed by atoms with E-state index in [-0.39, 0.29) is 11.1 Å². The van der Waals surface area contributed by atoms with Gasteiger partial charge in [0.25, 0.3) is 5.56 Å². The van der Waals surface area contributed by atoms with Gasteiger partial charge in [-0.2, -0.15) is 5.10 Å². The van der Waals surface area contributed by atoms with Gasteiger partial charge in [-0.05, 0) is 33.4 Å². The quantitative estimate of drug-likeness (QED) is 0.835. The van der Waals surface area contributed by atoms with Gasteiger partial charge in [0.2, 0.25) is 0 Å². The molecule has 2 rings (SSSR count). The molecule has 17 heavy (non-hydrogen) atoms. The molecule has 1 fully saturated rings. The van der Waals surface area contributed by atoms with Crippen molar-refractivity contribution in [1.82, 2.24) is 15.1 Å². The Hall–Kier alpha value is -1.36. The fourth-order valence-electron chi connectivity index (χ4n) is 2.44. The molecule has 1 heterocycles. The maximum absolute atomic E-state index is 11.2. The smallest absolute Gasteiger partial charge is 0.266 e. The average Bonchev–Trinajstić information content (AvgIpc) is 2.22. The van der Waals surface area contributed by atoms with Gasteiger partial charge >= 0.3 is 0 Å². The zero-order chi connectivity index (χ0) is 12.5. The Bertz CT molecular complexity index is 436. The van der Waals surface area contributed by atoms with Gasteiger partial charge in [0.1, 0.15) is 0 Å². The van der Waals surface area contributed by atoms with Crippen molar-refractivity contribution in [2.75, 3.05) is 32.6 Å². The van der Waals surface area contributed by atoms with Gasteiger partial charge in [-0.3, -0.25) is 4.79 Å². The van der Waals surface area contributed by atoms with E-state index < -0.39 is 0 Å². The number of likely N-dealkylation sites (N-methyl/N-ethyl adjacent to an activating group) is 2. The van der Waals surface area contributed by atoms with Crippen LogP contribution >= 0.6 is 0 Å². The summed E-state index contributed by atoms with van der Waals surface area (Å²) in [4.78, 5) is 15.6. The molecule has 0 spiro atoms. The highest BCUT2D eigenvalue weighted by molar-refractivity contribution is 5.42. The molecule has 1 aliphatic rings. The summed E-state index contributed by atoms with van der Waals surface area (Å²) in [5.41, 5.74) is 0.987. The molecule has 0 unspecified atom stereocenters. The highest BCUT2D eigenvalue weighted by Crippen LogP contribution is 2.37. The molecule has 0 atom stereocenters. The lowest BCUT2D eigenvalue weighted by atomic mass is 9.75. The summed E-state index contributed by atoms with van der Waals surface area (Å²) in [5.74, 6) is 0. The van der Waals surface area contributed by atoms with E-state index in [0.29, 0.717) is 0 Å². The zero-order valence-corrected chi connectivity index (χ0v) is 10.7. The van der Waals surface area contributed by atoms with E-state index in [0.717, 1.165) is 12.2 Å². The Morgan fingerprint density at radius 1 is 1.41 bits per heavy atom. The first-order chi connectivity index (χ1) is 8.03. The van der Waals surface area contributed by atoms with Crippen LogP contribution in [0.4, 0.5) is 5.69 Å². The highest BCUT2D eigenvalue weighted by atomic mass is 16.1. The third kappa shape index (κ3) is 2.34. The Balaban J connectivity index is 2.11. The number of nitrogens with one attached hydrogen (secondary N) is 1. The second-order valence-corrected chi connectivity index (χ2v) is 5.13. The van der Waals surface area contributed by atoms with Gasteiger partial charge in [0.05, 0.1) is 11.9 Å². The first-order valence-corrected chi connectivity index (χ1v) is 5.97. The normalized spacial score (nSPS) is 17.9. The SMILES string of the molecule is CN(CC1(N(C)C)CCC1)c1cn[nH]c(=O)c1. The Morgan fingerprint density at radius 2 is 2.12 bits per heavy atom. The van der Waals surface area contributed by atoms with Crippen LogP contribution in [0.1, 0.15) is 19.3 Å². The predicted octanol–water partition coefficient (Wildman–Crippen LogP) is 0.690. The van der Waals surface area contributed by atoms with Crippen LogP contribution < -0.4 is 10.5 Å². The number of nitrogens with zero attached hydrogens (tertiary/aromatic N) is 3. The van der Waals surface area contributed by atoms with Gasteiger partial charge in [-0.1, -0.05) is 0 Å². The molecule has 1 aromatic rings. The van der Waals surface area contributed by atoms with E-state index in [1.54, 1.807) is 12.3 Å². The fourth-order valence-corrected chi connectivity index (χ4v) is 2.44. The maximum atomic E-state index is 11.2. The standard InChI is InChI=1S/C12H20N4O/c1-15(2)12(5-4-6-12)9-16(3)10-7-11(17)14-13-8-10/h7-8H,4-6,9H2,1-3H3,(H,14,17). The minimum absolute atomic E-state index is 0.151. The summed E-state index contributed by atoms with van der Waals surface area (Å²) < 4.78 is 0. The van der Waals surface area contributed by atoms with Crippen LogP contribution in [-0.4, -0.2) is 48.3 Å². The third-order valence-electron chi connectivity index (χ3n) is 3.86. The van der Waals surface area contributed by atoms with Crippen LogP contribution in [0.5, 0.6) is 0 Å². The zero-order valence-electron chi connectivity index (χ0n) is 10.7. The number of hydrogen-bond acceptors (Lipinski definition) is 4. The molecule has 0 saturated heterocycles. The molecule has 1 saturated carbocycles. The lowest BCUT2D eigenvalue weighted by molar-refractivity contribution is 0.0683. The number of rotatable bonds is 4. The molecule has 94 valence electrons. The fraction of sp³-hybridized carbons (Fsp3) is 0.667. The lowest BCUT2D eigenvalue weighted by Gasteiger charge is -2.49. The molecule has 5 nitrogen and oxygen atoms in total. The molecular formula is C12H20N4O. The summed E-state index contributed by atoms with van der Waals surface area (Å²) >= 11 is 0. The minimum atomic E-state index is -0.151. The van der Waals surface area contributed by atoms with Crippen molar-refractivity contribution in [3.8, 4) is 0 Å². The topological polar surface area (TPSA) is 52.2 Å². The van der Waals surface area contributed by atoms with E-state index in [1.165, 1.54) is 19.3 Å². The molecule has 1 aliphatic carbocycles. The summed E-state index contributed by atoms with van der Waals surface area (Å²) in [6.45, 7) is 0.936. The van der Waals surface area contributed by atoms with Crippen LogP contribution in [-0.2, 0) is 0 Å². The molecule has 0 amide bonds. The van der Waals surface area contributed by atoms with E-state index in [1.807, 2.05) is 7.05 Å². The molecule has 1 N–H and O–H groups in total. The third-order valence-corrected chi connectivity index (χ3v) is 3.86. The van der Waals surface area contributed by atoms with Gasteiger partial charge in [-0.25, -0.2) is 5.10 Å². The van der Waals surface area contributed by atoms with Gasteiger partial charge < -0.3 is 9.80 Å². The second kappa shape index (κ2) is 4.49. The van der Waals surface area contributed by atoms with Gasteiger partial charge in [-0.15, -0.1) is 0 Å². The van der Waals surface area contributed by atoms with Gasteiger partial charge in [0, 0.05) is 25.2 Å². The second-order valence-electron chi connectivity index (χ2n) is 5.13. The van der Waals surface area contributed by atoms with E-state index in [2.05, 4.69) is 34.1 Å². The van der Waals surface area contributed by atoms with Crippen molar-refractivity contribution >= 4 is 5.69 Å². The molecule has 5 heteroatoms. The number of H-pyrrole nitrogens is 1. The molecule has 0 aliphatic heterocycles. The van der Waals surface area contributed by atoms with Gasteiger partial charge in [0.15, 0.2) is 0 Å². The minimum Gasteiger partial charge on any atom is -0.371 e. The monoisotopic (exact) mass is 236 g/mol. The van der Waals surface area contributed by atoms with Crippen molar-refractivity contribution in [2.24, 2.45) is 0 Å². The lowest BCUT2D eigenvalue weighted by Crippen LogP contribution is -2.56. The van der Waals surface area contributed by atoms with Crippen molar-refractivity contribution in [3.05, 3.63) is 22.6 Å². The largest absolute Gasteiger partial charge is 0.371 e. The predicted molar refractivity (Wildman–Crippen MR) is 68.4 cm³/mol. The highest BCUT2D eigenvalue weighted by Gasteiger charge is 2.39. The van der Waals surface area contributed by atoms with Crippen molar-refractivity contribution in [1.29, 1.82) is 0 Å². The first-order valence-electron chi connectivity index (χ1n) is 5.97. The van der Waals surface area contributed by atoms with Crippen molar-refractivity contribution in [3.63, 3.8) is 0 Å². The summed E-state index contributed by atoms with van der Waals surface area (Å²) in [6.07, 6.45) is 5.44. The summed E-state index contributed by atoms with van der Waals surface area (Å²) in [7, 11) is 6.27. The molecule has 1 aromatic heterocycles. The molecular weight excluding hydrogens is 216 g/mol. The maximum Gasteiger partial charge on any atom is 0.266 e. The van der Waals surface area contributed by atoms with Crippen LogP contribution in [0.15, 0.2) is 17.1 Å². The molecule has 0 bridgehead atoms. The Morgan fingerprint density at radius 3 is 2.59 bits per heavy atom. The average molecular weight is 236 g/mol. The molecule has 0 radical (unpaired) electrons. The Kier molecular flexibility index (Phi) is 3.19. The summed E-state index contributed by atoms with van der Waals surface area (Å²) in [6, 6.07) is 1.59. The van der Waals surface area contributed by atoms with E-state index in [4.69, 9.17) is 0 Å². The molecule has 0 aromatic carbocycles. The Labute approximate surface area is 101 Å². The number of aromatic amines is 1. The summed E-state index contributed by atoms with van der Waals surface area (Å²) in [5, 5.41) is 6.23. The number of hydrogen-bond donors (Lipinski definition) is 1. The van der Waals surface area contributed by atoms with E-state index in [9.17, 15) is 4.79 Å².